The molecule has 1 heterocycles. The quantitative estimate of drug-likeness (QED) is 0.732. The molecule has 0 radical (unpaired) electrons. The second-order valence-electron chi connectivity index (χ2n) is 4.30. The van der Waals surface area contributed by atoms with Gasteiger partial charge < -0.3 is 15.0 Å². The first-order valence-corrected chi connectivity index (χ1v) is 6.99. The Hall–Kier alpha value is -1.24. The molecule has 0 bridgehead atoms. The average Bonchev–Trinajstić information content (AvgIpc) is 3.08. The zero-order chi connectivity index (χ0) is 13.1. The van der Waals surface area contributed by atoms with Gasteiger partial charge in [-0.25, -0.2) is 0 Å². The average molecular weight is 272 g/mol. The van der Waals surface area contributed by atoms with Gasteiger partial charge in [0.1, 0.15) is 12.6 Å². The summed E-state index contributed by atoms with van der Waals surface area (Å²) in [5.41, 5.74) is 0. The molecule has 2 amide bonds. The fourth-order valence-electron chi connectivity index (χ4n) is 1.84. The van der Waals surface area contributed by atoms with E-state index in [0.717, 1.165) is 24.6 Å². The van der Waals surface area contributed by atoms with Crippen molar-refractivity contribution in [1.82, 2.24) is 10.2 Å². The number of nitrogens with one attached hydrogen (secondary N) is 1. The van der Waals surface area contributed by atoms with Crippen LogP contribution in [0.4, 0.5) is 4.79 Å². The summed E-state index contributed by atoms with van der Waals surface area (Å²) in [6.07, 6.45) is 1.83. The van der Waals surface area contributed by atoms with E-state index in [-0.39, 0.29) is 23.7 Å². The van der Waals surface area contributed by atoms with E-state index in [0.29, 0.717) is 12.4 Å². The highest BCUT2D eigenvalue weighted by Gasteiger charge is 2.39. The van der Waals surface area contributed by atoms with Crippen molar-refractivity contribution in [3.05, 3.63) is 0 Å². The smallest absolute Gasteiger partial charge is 0.325 e. The van der Waals surface area contributed by atoms with Crippen molar-refractivity contribution in [1.29, 1.82) is 0 Å². The third-order valence-corrected chi connectivity index (χ3v) is 3.73. The number of esters is 1. The first-order chi connectivity index (χ1) is 8.61. The monoisotopic (exact) mass is 272 g/mol. The molecule has 1 saturated heterocycles. The molecule has 18 heavy (non-hydrogen) atoms. The summed E-state index contributed by atoms with van der Waals surface area (Å²) in [7, 11) is 0. The second kappa shape index (κ2) is 5.60. The van der Waals surface area contributed by atoms with Crippen LogP contribution in [0.25, 0.3) is 0 Å². The third kappa shape index (κ3) is 3.16. The Balaban J connectivity index is 1.94. The minimum absolute atomic E-state index is 0.0195. The van der Waals surface area contributed by atoms with Crippen LogP contribution in [0.15, 0.2) is 0 Å². The topological polar surface area (TPSA) is 75.7 Å². The molecule has 1 atom stereocenters. The van der Waals surface area contributed by atoms with Crippen molar-refractivity contribution in [2.24, 2.45) is 0 Å². The number of rotatable bonds is 5. The summed E-state index contributed by atoms with van der Waals surface area (Å²) >= 11 is 1.10. The predicted molar refractivity (Wildman–Crippen MR) is 66.1 cm³/mol. The van der Waals surface area contributed by atoms with Crippen molar-refractivity contribution in [2.45, 2.75) is 31.8 Å². The van der Waals surface area contributed by atoms with Crippen LogP contribution in [0.3, 0.4) is 0 Å². The zero-order valence-electron chi connectivity index (χ0n) is 10.2. The number of carbonyl (C=O) groups is 3. The van der Waals surface area contributed by atoms with Gasteiger partial charge in [-0.3, -0.25) is 14.4 Å². The number of carbonyl (C=O) groups excluding carboxylic acids is 3. The first-order valence-electron chi connectivity index (χ1n) is 6.01. The van der Waals surface area contributed by atoms with E-state index in [2.05, 4.69) is 5.32 Å². The van der Waals surface area contributed by atoms with Gasteiger partial charge in [-0.2, -0.15) is 0 Å². The largest absolute Gasteiger partial charge is 0.465 e. The Morgan fingerprint density at radius 2 is 2.22 bits per heavy atom. The lowest BCUT2D eigenvalue weighted by atomic mass is 10.2. The predicted octanol–water partition coefficient (Wildman–Crippen LogP) is 0.365. The van der Waals surface area contributed by atoms with Gasteiger partial charge in [-0.05, 0) is 19.8 Å². The van der Waals surface area contributed by atoms with Crippen LogP contribution < -0.4 is 5.32 Å². The molecular formula is C11H16N2O4S. The highest BCUT2D eigenvalue weighted by Crippen LogP contribution is 2.28. The normalized spacial score (nSPS) is 22.5. The zero-order valence-corrected chi connectivity index (χ0v) is 11.0. The van der Waals surface area contributed by atoms with Gasteiger partial charge in [0.2, 0.25) is 5.91 Å². The maximum atomic E-state index is 12.2. The van der Waals surface area contributed by atoms with Crippen LogP contribution in [0.1, 0.15) is 19.8 Å². The van der Waals surface area contributed by atoms with E-state index in [1.54, 1.807) is 6.92 Å². The highest BCUT2D eigenvalue weighted by atomic mass is 32.2. The lowest BCUT2D eigenvalue weighted by Gasteiger charge is -2.24. The number of amides is 2. The molecule has 0 spiro atoms. The standard InChI is InChI=1S/C11H16N2O4S/c1-2-17-9(14)5-13(7-3-4-7)10(15)8-6-18-11(16)12-8/h7-8H,2-6H2,1H3,(H,12,16). The molecule has 100 valence electrons. The number of nitrogens with zero attached hydrogens (tertiary/aromatic N) is 1. The minimum atomic E-state index is -0.502. The second-order valence-corrected chi connectivity index (χ2v) is 5.29. The molecule has 1 N–H and O–H groups in total. The van der Waals surface area contributed by atoms with Crippen molar-refractivity contribution >= 4 is 28.9 Å². The molecule has 0 aromatic heterocycles. The Labute approximate surface area is 109 Å². The molecule has 2 aliphatic rings. The van der Waals surface area contributed by atoms with E-state index in [1.165, 1.54) is 4.90 Å². The fraction of sp³-hybridized carbons (Fsp3) is 0.727. The Morgan fingerprint density at radius 3 is 2.72 bits per heavy atom. The SMILES string of the molecule is CCOC(=O)CN(C(=O)C1CSC(=O)N1)C1CC1. The summed E-state index contributed by atoms with van der Waals surface area (Å²) in [4.78, 5) is 36.3. The van der Waals surface area contributed by atoms with Crippen LogP contribution in [-0.4, -0.2) is 53.0 Å². The molecule has 2 fully saturated rings. The summed E-state index contributed by atoms with van der Waals surface area (Å²) in [6.45, 7) is 2.02. The Kier molecular flexibility index (Phi) is 4.11. The summed E-state index contributed by atoms with van der Waals surface area (Å²) in [5.74, 6) is -0.136. The lowest BCUT2D eigenvalue weighted by molar-refractivity contribution is -0.149. The number of hydrogen-bond acceptors (Lipinski definition) is 5. The molecule has 7 heteroatoms. The first kappa shape index (κ1) is 13.2. The summed E-state index contributed by atoms with van der Waals surface area (Å²) < 4.78 is 4.86. The molecule has 2 rings (SSSR count). The summed E-state index contributed by atoms with van der Waals surface area (Å²) in [6, 6.07) is -0.373. The molecule has 1 saturated carbocycles. The number of hydrogen-bond donors (Lipinski definition) is 1. The molecule has 0 aromatic carbocycles. The lowest BCUT2D eigenvalue weighted by Crippen LogP contribution is -2.48. The van der Waals surface area contributed by atoms with Crippen molar-refractivity contribution in [3.8, 4) is 0 Å². The van der Waals surface area contributed by atoms with Crippen LogP contribution in [0.5, 0.6) is 0 Å². The van der Waals surface area contributed by atoms with E-state index in [4.69, 9.17) is 4.74 Å². The fourth-order valence-corrected chi connectivity index (χ4v) is 2.61. The maximum Gasteiger partial charge on any atom is 0.325 e. The van der Waals surface area contributed by atoms with Crippen molar-refractivity contribution in [2.75, 3.05) is 18.9 Å². The van der Waals surface area contributed by atoms with Crippen molar-refractivity contribution in [3.63, 3.8) is 0 Å². The highest BCUT2D eigenvalue weighted by molar-refractivity contribution is 8.14. The van der Waals surface area contributed by atoms with Crippen LogP contribution in [-0.2, 0) is 14.3 Å². The van der Waals surface area contributed by atoms with Gasteiger partial charge in [0.25, 0.3) is 5.24 Å². The maximum absolute atomic E-state index is 12.2. The molecule has 1 aliphatic carbocycles. The van der Waals surface area contributed by atoms with Gasteiger partial charge in [0.15, 0.2) is 0 Å². The Morgan fingerprint density at radius 1 is 1.50 bits per heavy atom. The Bertz CT molecular complexity index is 370. The van der Waals surface area contributed by atoms with E-state index in [1.807, 2.05) is 0 Å². The van der Waals surface area contributed by atoms with Crippen molar-refractivity contribution < 1.29 is 19.1 Å². The molecular weight excluding hydrogens is 256 g/mol. The molecule has 0 aromatic rings. The number of ether oxygens (including phenoxy) is 1. The minimum Gasteiger partial charge on any atom is -0.465 e. The van der Waals surface area contributed by atoms with E-state index in [9.17, 15) is 14.4 Å². The van der Waals surface area contributed by atoms with Gasteiger partial charge in [-0.15, -0.1) is 0 Å². The molecule has 1 aliphatic heterocycles. The number of thioether (sulfide) groups is 1. The third-order valence-electron chi connectivity index (χ3n) is 2.85. The van der Waals surface area contributed by atoms with E-state index >= 15 is 0 Å². The van der Waals surface area contributed by atoms with Gasteiger partial charge >= 0.3 is 5.97 Å². The van der Waals surface area contributed by atoms with Crippen LogP contribution >= 0.6 is 11.8 Å². The molecule has 1 unspecified atom stereocenters. The van der Waals surface area contributed by atoms with Gasteiger partial charge in [-0.1, -0.05) is 11.8 Å². The summed E-state index contributed by atoms with van der Waals surface area (Å²) in [5, 5.41) is 2.42. The van der Waals surface area contributed by atoms with Gasteiger partial charge in [0.05, 0.1) is 6.61 Å². The van der Waals surface area contributed by atoms with E-state index < -0.39 is 12.0 Å². The van der Waals surface area contributed by atoms with Crippen LogP contribution in [0.2, 0.25) is 0 Å². The molecule has 6 nitrogen and oxygen atoms in total. The van der Waals surface area contributed by atoms with Crippen LogP contribution in [0, 0.1) is 0 Å². The van der Waals surface area contributed by atoms with Gasteiger partial charge in [0, 0.05) is 11.8 Å².